The molecule has 1 heterocycles. The van der Waals surface area contributed by atoms with Crippen molar-refractivity contribution in [2.75, 3.05) is 46.8 Å². The lowest BCUT2D eigenvalue weighted by molar-refractivity contribution is 0.116. The van der Waals surface area contributed by atoms with Crippen LogP contribution in [-0.2, 0) is 0 Å². The first kappa shape index (κ1) is 13.5. The van der Waals surface area contributed by atoms with Gasteiger partial charge in [0.05, 0.1) is 5.84 Å². The number of nitrogens with zero attached hydrogens (tertiary/aromatic N) is 3. The number of likely N-dealkylation sites (N-methyl/N-ethyl adjacent to an activating group) is 2. The van der Waals surface area contributed by atoms with Crippen molar-refractivity contribution in [2.45, 2.75) is 26.3 Å². The highest BCUT2D eigenvalue weighted by Crippen LogP contribution is 2.11. The average molecular weight is 226 g/mol. The molecule has 1 rings (SSSR count). The highest BCUT2D eigenvalue weighted by atomic mass is 15.3. The van der Waals surface area contributed by atoms with Crippen molar-refractivity contribution in [1.29, 1.82) is 5.41 Å². The Bertz CT molecular complexity index is 225. The van der Waals surface area contributed by atoms with E-state index in [2.05, 4.69) is 42.6 Å². The standard InChI is InChI=1S/C12H26N4/c1-5-16(6-2)12(13)9-11-10-14(3)7-8-15(11)4/h11,13H,5-10H2,1-4H3. The van der Waals surface area contributed by atoms with Gasteiger partial charge in [-0.1, -0.05) is 0 Å². The molecule has 94 valence electrons. The Balaban J connectivity index is 2.48. The second kappa shape index (κ2) is 6.21. The van der Waals surface area contributed by atoms with Crippen LogP contribution in [0.5, 0.6) is 0 Å². The van der Waals surface area contributed by atoms with E-state index >= 15 is 0 Å². The van der Waals surface area contributed by atoms with E-state index in [0.717, 1.165) is 45.0 Å². The van der Waals surface area contributed by atoms with Gasteiger partial charge in [0.25, 0.3) is 0 Å². The third-order valence-electron chi connectivity index (χ3n) is 3.55. The summed E-state index contributed by atoms with van der Waals surface area (Å²) in [5.41, 5.74) is 0. The molecule has 4 nitrogen and oxygen atoms in total. The van der Waals surface area contributed by atoms with Crippen molar-refractivity contribution in [3.05, 3.63) is 0 Å². The summed E-state index contributed by atoms with van der Waals surface area (Å²) in [7, 11) is 4.34. The molecule has 0 spiro atoms. The molecule has 0 bridgehead atoms. The van der Waals surface area contributed by atoms with E-state index in [-0.39, 0.29) is 0 Å². The largest absolute Gasteiger partial charge is 0.361 e. The first-order valence-electron chi connectivity index (χ1n) is 6.29. The predicted octanol–water partition coefficient (Wildman–Crippen LogP) is 0.941. The van der Waals surface area contributed by atoms with Crippen LogP contribution in [0.3, 0.4) is 0 Å². The van der Waals surface area contributed by atoms with E-state index in [4.69, 9.17) is 5.41 Å². The summed E-state index contributed by atoms with van der Waals surface area (Å²) >= 11 is 0. The zero-order valence-electron chi connectivity index (χ0n) is 11.2. The Labute approximate surface area is 99.7 Å². The van der Waals surface area contributed by atoms with E-state index in [1.807, 2.05) is 0 Å². The number of amidine groups is 1. The molecular formula is C12H26N4. The Morgan fingerprint density at radius 3 is 2.44 bits per heavy atom. The zero-order chi connectivity index (χ0) is 12.1. The van der Waals surface area contributed by atoms with Gasteiger partial charge in [-0.3, -0.25) is 5.41 Å². The Hall–Kier alpha value is -0.610. The fourth-order valence-electron chi connectivity index (χ4n) is 2.28. The Morgan fingerprint density at radius 1 is 1.25 bits per heavy atom. The van der Waals surface area contributed by atoms with E-state index in [0.29, 0.717) is 6.04 Å². The van der Waals surface area contributed by atoms with Gasteiger partial charge in [-0.05, 0) is 27.9 Å². The third kappa shape index (κ3) is 3.46. The summed E-state index contributed by atoms with van der Waals surface area (Å²) in [6, 6.07) is 0.506. The summed E-state index contributed by atoms with van der Waals surface area (Å²) in [4.78, 5) is 6.89. The molecule has 0 aromatic rings. The predicted molar refractivity (Wildman–Crippen MR) is 69.2 cm³/mol. The molecule has 0 amide bonds. The second-order valence-corrected chi connectivity index (χ2v) is 4.72. The van der Waals surface area contributed by atoms with Crippen molar-refractivity contribution in [1.82, 2.24) is 14.7 Å². The minimum absolute atomic E-state index is 0.506. The van der Waals surface area contributed by atoms with Crippen LogP contribution in [0.15, 0.2) is 0 Å². The molecule has 1 saturated heterocycles. The molecule has 1 atom stereocenters. The van der Waals surface area contributed by atoms with E-state index in [1.54, 1.807) is 0 Å². The third-order valence-corrected chi connectivity index (χ3v) is 3.55. The molecule has 1 fully saturated rings. The number of nitrogens with one attached hydrogen (secondary N) is 1. The molecule has 1 N–H and O–H groups in total. The minimum Gasteiger partial charge on any atom is -0.361 e. The minimum atomic E-state index is 0.506. The first-order chi connectivity index (χ1) is 7.58. The van der Waals surface area contributed by atoms with Crippen molar-refractivity contribution < 1.29 is 0 Å². The maximum absolute atomic E-state index is 8.12. The number of hydrogen-bond acceptors (Lipinski definition) is 3. The van der Waals surface area contributed by atoms with Crippen LogP contribution in [-0.4, -0.2) is 73.4 Å². The highest BCUT2D eigenvalue weighted by Gasteiger charge is 2.24. The van der Waals surface area contributed by atoms with Gasteiger partial charge < -0.3 is 14.7 Å². The van der Waals surface area contributed by atoms with E-state index in [9.17, 15) is 0 Å². The molecule has 1 unspecified atom stereocenters. The van der Waals surface area contributed by atoms with Crippen molar-refractivity contribution in [3.8, 4) is 0 Å². The lowest BCUT2D eigenvalue weighted by atomic mass is 10.1. The molecule has 1 aliphatic rings. The van der Waals surface area contributed by atoms with Crippen LogP contribution in [0.25, 0.3) is 0 Å². The first-order valence-corrected chi connectivity index (χ1v) is 6.29. The summed E-state index contributed by atoms with van der Waals surface area (Å²) in [5.74, 6) is 0.789. The fraction of sp³-hybridized carbons (Fsp3) is 0.917. The molecule has 16 heavy (non-hydrogen) atoms. The van der Waals surface area contributed by atoms with Gasteiger partial charge in [0, 0.05) is 45.2 Å². The van der Waals surface area contributed by atoms with Gasteiger partial charge >= 0.3 is 0 Å². The van der Waals surface area contributed by atoms with Gasteiger partial charge in [0.1, 0.15) is 0 Å². The molecule has 0 radical (unpaired) electrons. The van der Waals surface area contributed by atoms with Gasteiger partial charge in [-0.2, -0.15) is 0 Å². The molecule has 0 aromatic carbocycles. The molecule has 4 heteroatoms. The van der Waals surface area contributed by atoms with Crippen LogP contribution in [0.1, 0.15) is 20.3 Å². The van der Waals surface area contributed by atoms with Gasteiger partial charge in [0.15, 0.2) is 0 Å². The Morgan fingerprint density at radius 2 is 1.88 bits per heavy atom. The van der Waals surface area contributed by atoms with Crippen molar-refractivity contribution in [2.24, 2.45) is 0 Å². The molecule has 1 aliphatic heterocycles. The van der Waals surface area contributed by atoms with Crippen LogP contribution in [0.4, 0.5) is 0 Å². The van der Waals surface area contributed by atoms with Gasteiger partial charge in [0.2, 0.25) is 0 Å². The molecule has 0 aromatic heterocycles. The van der Waals surface area contributed by atoms with Crippen molar-refractivity contribution >= 4 is 5.84 Å². The summed E-state index contributed by atoms with van der Waals surface area (Å²) < 4.78 is 0. The quantitative estimate of drug-likeness (QED) is 0.572. The van der Waals surface area contributed by atoms with Crippen LogP contribution in [0, 0.1) is 5.41 Å². The fourth-order valence-corrected chi connectivity index (χ4v) is 2.28. The number of piperazine rings is 1. The summed E-state index contributed by atoms with van der Waals surface area (Å²) in [6.07, 6.45) is 0.878. The van der Waals surface area contributed by atoms with Crippen LogP contribution < -0.4 is 0 Å². The normalized spacial score (nSPS) is 23.4. The molecule has 0 saturated carbocycles. The number of hydrogen-bond donors (Lipinski definition) is 1. The van der Waals surface area contributed by atoms with Gasteiger partial charge in [-0.25, -0.2) is 0 Å². The maximum atomic E-state index is 8.12. The van der Waals surface area contributed by atoms with E-state index < -0.39 is 0 Å². The van der Waals surface area contributed by atoms with Crippen molar-refractivity contribution in [3.63, 3.8) is 0 Å². The monoisotopic (exact) mass is 226 g/mol. The second-order valence-electron chi connectivity index (χ2n) is 4.72. The molecular weight excluding hydrogens is 200 g/mol. The highest BCUT2D eigenvalue weighted by molar-refractivity contribution is 5.79. The topological polar surface area (TPSA) is 33.6 Å². The van der Waals surface area contributed by atoms with Gasteiger partial charge in [-0.15, -0.1) is 0 Å². The summed E-state index contributed by atoms with van der Waals surface area (Å²) in [6.45, 7) is 9.48. The maximum Gasteiger partial charge on any atom is 0.0973 e. The lowest BCUT2D eigenvalue weighted by Gasteiger charge is -2.38. The SMILES string of the molecule is CCN(CC)C(=N)CC1CN(C)CCN1C. The smallest absolute Gasteiger partial charge is 0.0973 e. The zero-order valence-corrected chi connectivity index (χ0v) is 11.2. The van der Waals surface area contributed by atoms with E-state index in [1.165, 1.54) is 0 Å². The number of rotatable bonds is 4. The average Bonchev–Trinajstić information content (AvgIpc) is 2.25. The molecule has 0 aliphatic carbocycles. The van der Waals surface area contributed by atoms with Crippen LogP contribution in [0.2, 0.25) is 0 Å². The van der Waals surface area contributed by atoms with Crippen LogP contribution >= 0.6 is 0 Å². The lowest BCUT2D eigenvalue weighted by Crippen LogP contribution is -2.51. The Kier molecular flexibility index (Phi) is 5.22. The summed E-state index contributed by atoms with van der Waals surface area (Å²) in [5, 5.41) is 8.12.